The van der Waals surface area contributed by atoms with Gasteiger partial charge < -0.3 is 10.6 Å². The van der Waals surface area contributed by atoms with Gasteiger partial charge in [-0.25, -0.2) is 13.1 Å². The molecule has 2 aromatic carbocycles. The van der Waals surface area contributed by atoms with Gasteiger partial charge in [0.25, 0.3) is 0 Å². The van der Waals surface area contributed by atoms with E-state index in [0.29, 0.717) is 5.69 Å². The largest absolute Gasteiger partial charge is 0.397 e. The van der Waals surface area contributed by atoms with E-state index < -0.39 is 10.0 Å². The first-order valence-corrected chi connectivity index (χ1v) is 9.82. The average molecular weight is 360 g/mol. The maximum absolute atomic E-state index is 11.9. The molecule has 25 heavy (non-hydrogen) atoms. The van der Waals surface area contributed by atoms with Crippen LogP contribution >= 0.6 is 0 Å². The predicted octanol–water partition coefficient (Wildman–Crippen LogP) is 1.50. The molecule has 3 rings (SSSR count). The van der Waals surface area contributed by atoms with Gasteiger partial charge in [0.05, 0.1) is 16.3 Å². The van der Waals surface area contributed by atoms with E-state index in [0.717, 1.165) is 38.4 Å². The number of anilines is 2. The Labute approximate surface area is 149 Å². The van der Waals surface area contributed by atoms with Gasteiger partial charge in [-0.3, -0.25) is 4.90 Å². The van der Waals surface area contributed by atoms with E-state index in [4.69, 9.17) is 5.73 Å². The van der Waals surface area contributed by atoms with E-state index >= 15 is 0 Å². The van der Waals surface area contributed by atoms with Gasteiger partial charge in [-0.05, 0) is 30.8 Å². The highest BCUT2D eigenvalue weighted by Gasteiger charge is 2.20. The molecule has 0 spiro atoms. The summed E-state index contributed by atoms with van der Waals surface area (Å²) in [5.41, 5.74) is 8.82. The van der Waals surface area contributed by atoms with Crippen molar-refractivity contribution in [3.05, 3.63) is 54.1 Å². The van der Waals surface area contributed by atoms with E-state index in [9.17, 15) is 8.42 Å². The fourth-order valence-electron chi connectivity index (χ4n) is 3.09. The fourth-order valence-corrected chi connectivity index (χ4v) is 3.86. The molecule has 1 aliphatic rings. The normalized spacial score (nSPS) is 16.1. The Morgan fingerprint density at radius 1 is 1.04 bits per heavy atom. The van der Waals surface area contributed by atoms with Crippen LogP contribution in [0, 0.1) is 0 Å². The third-order valence-corrected chi connectivity index (χ3v) is 5.95. The summed E-state index contributed by atoms with van der Waals surface area (Å²) in [4.78, 5) is 4.83. The highest BCUT2D eigenvalue weighted by molar-refractivity contribution is 7.89. The Balaban J connectivity index is 1.65. The molecule has 0 aliphatic carbocycles. The first kappa shape index (κ1) is 17.7. The Kier molecular flexibility index (Phi) is 5.27. The molecule has 0 aromatic heterocycles. The molecule has 1 heterocycles. The molecule has 7 heteroatoms. The summed E-state index contributed by atoms with van der Waals surface area (Å²) in [5.74, 6) is 0. The molecule has 2 aromatic rings. The summed E-state index contributed by atoms with van der Waals surface area (Å²) in [6, 6.07) is 15.4. The Morgan fingerprint density at radius 2 is 1.72 bits per heavy atom. The van der Waals surface area contributed by atoms with Crippen LogP contribution in [0.5, 0.6) is 0 Å². The number of rotatable bonds is 5. The van der Waals surface area contributed by atoms with E-state index in [2.05, 4.69) is 38.8 Å². The van der Waals surface area contributed by atoms with Gasteiger partial charge in [-0.1, -0.05) is 30.3 Å². The van der Waals surface area contributed by atoms with Crippen LogP contribution < -0.4 is 15.4 Å². The highest BCUT2D eigenvalue weighted by atomic mass is 32.2. The molecule has 0 radical (unpaired) electrons. The third kappa shape index (κ3) is 4.12. The number of benzene rings is 2. The molecule has 0 saturated carbocycles. The van der Waals surface area contributed by atoms with E-state index in [1.807, 2.05) is 6.07 Å². The molecule has 134 valence electrons. The number of nitrogens with zero attached hydrogens (tertiary/aromatic N) is 2. The van der Waals surface area contributed by atoms with Crippen LogP contribution in [0.3, 0.4) is 0 Å². The Hall–Kier alpha value is -2.09. The van der Waals surface area contributed by atoms with Crippen LogP contribution in [0.25, 0.3) is 0 Å². The van der Waals surface area contributed by atoms with Gasteiger partial charge in [0.1, 0.15) is 0 Å². The van der Waals surface area contributed by atoms with Crippen LogP contribution in [0.1, 0.15) is 5.56 Å². The lowest BCUT2D eigenvalue weighted by Gasteiger charge is -2.36. The Morgan fingerprint density at radius 3 is 2.32 bits per heavy atom. The molecule has 0 amide bonds. The first-order chi connectivity index (χ1) is 12.0. The van der Waals surface area contributed by atoms with Crippen molar-refractivity contribution in [2.75, 3.05) is 43.9 Å². The van der Waals surface area contributed by atoms with Crippen molar-refractivity contribution in [3.63, 3.8) is 0 Å². The smallest absolute Gasteiger partial charge is 0.240 e. The fraction of sp³-hybridized carbons (Fsp3) is 0.333. The zero-order valence-electron chi connectivity index (χ0n) is 14.4. The lowest BCUT2D eigenvalue weighted by atomic mass is 10.2. The summed E-state index contributed by atoms with van der Waals surface area (Å²) in [7, 11) is -2.07. The molecule has 0 unspecified atom stereocenters. The number of piperazine rings is 1. The SMILES string of the molecule is CNS(=O)(=O)c1ccc(N2CCN(Cc3ccccc3)CC2)c(N)c1. The molecule has 0 atom stereocenters. The molecular weight excluding hydrogens is 336 g/mol. The van der Waals surface area contributed by atoms with Crippen molar-refractivity contribution >= 4 is 21.4 Å². The van der Waals surface area contributed by atoms with Gasteiger partial charge in [-0.2, -0.15) is 0 Å². The zero-order chi connectivity index (χ0) is 17.9. The van der Waals surface area contributed by atoms with Crippen molar-refractivity contribution in [1.29, 1.82) is 0 Å². The standard InChI is InChI=1S/C18H24N4O2S/c1-20-25(23,24)16-7-8-18(17(19)13-16)22-11-9-21(10-12-22)14-15-5-3-2-4-6-15/h2-8,13,20H,9-12,14,19H2,1H3. The molecule has 0 bridgehead atoms. The quantitative estimate of drug-likeness (QED) is 0.790. The second kappa shape index (κ2) is 7.43. The van der Waals surface area contributed by atoms with Crippen molar-refractivity contribution in [1.82, 2.24) is 9.62 Å². The molecular formula is C18H24N4O2S. The van der Waals surface area contributed by atoms with Crippen molar-refractivity contribution in [3.8, 4) is 0 Å². The van der Waals surface area contributed by atoms with Gasteiger partial charge in [0.2, 0.25) is 10.0 Å². The van der Waals surface area contributed by atoms with Crippen molar-refractivity contribution in [2.24, 2.45) is 0 Å². The summed E-state index contributed by atoms with van der Waals surface area (Å²) in [6.07, 6.45) is 0. The topological polar surface area (TPSA) is 78.7 Å². The van der Waals surface area contributed by atoms with Crippen LogP contribution in [-0.2, 0) is 16.6 Å². The van der Waals surface area contributed by atoms with Crippen LogP contribution in [0.4, 0.5) is 11.4 Å². The molecule has 3 N–H and O–H groups in total. The number of nitrogens with two attached hydrogens (primary N) is 1. The number of nitrogens with one attached hydrogen (secondary N) is 1. The number of sulfonamides is 1. The minimum absolute atomic E-state index is 0.193. The molecule has 1 aliphatic heterocycles. The number of hydrogen-bond acceptors (Lipinski definition) is 5. The van der Waals surface area contributed by atoms with Crippen LogP contribution in [-0.4, -0.2) is 46.5 Å². The second-order valence-electron chi connectivity index (χ2n) is 6.18. The Bertz CT molecular complexity index is 816. The molecule has 1 saturated heterocycles. The minimum Gasteiger partial charge on any atom is -0.397 e. The predicted molar refractivity (Wildman–Crippen MR) is 101 cm³/mol. The lowest BCUT2D eigenvalue weighted by Crippen LogP contribution is -2.46. The second-order valence-corrected chi connectivity index (χ2v) is 8.06. The summed E-state index contributed by atoms with van der Waals surface area (Å²) < 4.78 is 26.0. The van der Waals surface area contributed by atoms with Gasteiger partial charge in [0, 0.05) is 32.7 Å². The zero-order valence-corrected chi connectivity index (χ0v) is 15.2. The van der Waals surface area contributed by atoms with Gasteiger partial charge in [0.15, 0.2) is 0 Å². The average Bonchev–Trinajstić information content (AvgIpc) is 2.63. The van der Waals surface area contributed by atoms with Crippen molar-refractivity contribution < 1.29 is 8.42 Å². The van der Waals surface area contributed by atoms with Gasteiger partial charge >= 0.3 is 0 Å². The lowest BCUT2D eigenvalue weighted by molar-refractivity contribution is 0.250. The monoisotopic (exact) mass is 360 g/mol. The van der Waals surface area contributed by atoms with Crippen molar-refractivity contribution in [2.45, 2.75) is 11.4 Å². The maximum atomic E-state index is 11.9. The summed E-state index contributed by atoms with van der Waals surface area (Å²) >= 11 is 0. The first-order valence-electron chi connectivity index (χ1n) is 8.34. The number of nitrogen functional groups attached to an aromatic ring is 1. The highest BCUT2D eigenvalue weighted by Crippen LogP contribution is 2.27. The maximum Gasteiger partial charge on any atom is 0.240 e. The van der Waals surface area contributed by atoms with E-state index in [1.54, 1.807) is 12.1 Å². The summed E-state index contributed by atoms with van der Waals surface area (Å²) in [5, 5.41) is 0. The van der Waals surface area contributed by atoms with Crippen LogP contribution in [0.15, 0.2) is 53.4 Å². The summed E-state index contributed by atoms with van der Waals surface area (Å²) in [6.45, 7) is 4.59. The van der Waals surface area contributed by atoms with Gasteiger partial charge in [-0.15, -0.1) is 0 Å². The number of hydrogen-bond donors (Lipinski definition) is 2. The molecule has 6 nitrogen and oxygen atoms in total. The third-order valence-electron chi connectivity index (χ3n) is 4.54. The van der Waals surface area contributed by atoms with Crippen LogP contribution in [0.2, 0.25) is 0 Å². The molecule has 1 fully saturated rings. The van der Waals surface area contributed by atoms with E-state index in [1.165, 1.54) is 18.7 Å². The van der Waals surface area contributed by atoms with E-state index in [-0.39, 0.29) is 4.90 Å². The minimum atomic E-state index is -3.47.